The summed E-state index contributed by atoms with van der Waals surface area (Å²) in [6.45, 7) is 16.6. The van der Waals surface area contributed by atoms with Crippen molar-refractivity contribution in [2.75, 3.05) is 0 Å². The second kappa shape index (κ2) is 14.6. The molecule has 0 spiro atoms. The van der Waals surface area contributed by atoms with Gasteiger partial charge in [-0.1, -0.05) is 79.0 Å². The number of allylic oxidation sites excluding steroid dienone is 2. The quantitative estimate of drug-likeness (QED) is 0.239. The number of aryl methyl sites for hydroxylation is 2. The predicted molar refractivity (Wildman–Crippen MR) is 145 cm³/mol. The summed E-state index contributed by atoms with van der Waals surface area (Å²) in [7, 11) is 0. The van der Waals surface area contributed by atoms with Crippen LogP contribution in [0.15, 0.2) is 46.9 Å². The normalized spacial score (nSPS) is 11.1. The van der Waals surface area contributed by atoms with Gasteiger partial charge in [-0.05, 0) is 65.6 Å². The van der Waals surface area contributed by atoms with Crippen molar-refractivity contribution in [2.24, 2.45) is 0 Å². The van der Waals surface area contributed by atoms with Crippen molar-refractivity contribution < 1.29 is 5.11 Å². The molecular formula is C29H41NOS. The summed E-state index contributed by atoms with van der Waals surface area (Å²) in [5, 5.41) is 17.8. The lowest BCUT2D eigenvalue weighted by Crippen LogP contribution is -2.12. The van der Waals surface area contributed by atoms with Crippen LogP contribution in [0.3, 0.4) is 0 Å². The minimum atomic E-state index is 0.0433. The molecule has 32 heavy (non-hydrogen) atoms. The van der Waals surface area contributed by atoms with Gasteiger partial charge in [-0.2, -0.15) is 0 Å². The molecule has 2 nitrogen and oxygen atoms in total. The van der Waals surface area contributed by atoms with Crippen molar-refractivity contribution in [3.05, 3.63) is 64.2 Å². The van der Waals surface area contributed by atoms with Crippen LogP contribution in [0.25, 0.3) is 5.57 Å². The Morgan fingerprint density at radius 1 is 1.06 bits per heavy atom. The van der Waals surface area contributed by atoms with E-state index in [0.29, 0.717) is 11.1 Å². The van der Waals surface area contributed by atoms with E-state index in [1.54, 1.807) is 19.1 Å². The molecule has 3 heteroatoms. The largest absolute Gasteiger partial charge is 0.508 e. The fraction of sp³-hybridized carbons (Fsp3) is 0.414. The maximum absolute atomic E-state index is 10.1. The Morgan fingerprint density at radius 2 is 1.62 bits per heavy atom. The van der Waals surface area contributed by atoms with E-state index in [1.165, 1.54) is 23.8 Å². The van der Waals surface area contributed by atoms with Crippen molar-refractivity contribution in [1.29, 1.82) is 5.41 Å². The Labute approximate surface area is 202 Å². The second-order valence-electron chi connectivity index (χ2n) is 8.52. The fourth-order valence-electron chi connectivity index (χ4n) is 3.09. The first-order valence-corrected chi connectivity index (χ1v) is 11.9. The molecule has 0 saturated heterocycles. The molecular weight excluding hydrogens is 410 g/mol. The smallest absolute Gasteiger partial charge is 0.116 e. The van der Waals surface area contributed by atoms with Gasteiger partial charge in [0.1, 0.15) is 5.75 Å². The molecule has 0 amide bonds. The highest BCUT2D eigenvalue weighted by Gasteiger charge is 2.17. The maximum atomic E-state index is 10.1. The Morgan fingerprint density at radius 3 is 2.12 bits per heavy atom. The number of terminal acetylenes is 1. The van der Waals surface area contributed by atoms with Crippen molar-refractivity contribution >= 4 is 24.4 Å². The van der Waals surface area contributed by atoms with Gasteiger partial charge in [0.2, 0.25) is 0 Å². The SMILES string of the molecule is C#C/C(C)=C(/C=N)c1cc(O)cc(CCc2ccc(S)c(C(C)(C)C)c2)c1.CC.CCC. The van der Waals surface area contributed by atoms with Crippen LogP contribution in [0, 0.1) is 17.8 Å². The van der Waals surface area contributed by atoms with Gasteiger partial charge in [0.15, 0.2) is 0 Å². The van der Waals surface area contributed by atoms with Crippen LogP contribution >= 0.6 is 12.6 Å². The number of hydrogen-bond acceptors (Lipinski definition) is 3. The molecule has 0 saturated carbocycles. The Bertz CT molecular complexity index is 943. The van der Waals surface area contributed by atoms with E-state index in [9.17, 15) is 5.11 Å². The molecule has 2 rings (SSSR count). The first kappa shape index (κ1) is 29.6. The fourth-order valence-corrected chi connectivity index (χ4v) is 3.56. The summed E-state index contributed by atoms with van der Waals surface area (Å²) < 4.78 is 0. The molecule has 2 N–H and O–H groups in total. The zero-order valence-corrected chi connectivity index (χ0v) is 22.0. The Kier molecular flexibility index (Phi) is 13.5. The molecule has 0 aromatic heterocycles. The van der Waals surface area contributed by atoms with Crippen LogP contribution in [0.1, 0.15) is 84.1 Å². The van der Waals surface area contributed by atoms with Crippen LogP contribution < -0.4 is 0 Å². The van der Waals surface area contributed by atoms with Gasteiger partial charge < -0.3 is 10.5 Å². The molecule has 2 aromatic carbocycles. The number of thiol groups is 1. The minimum Gasteiger partial charge on any atom is -0.508 e. The number of phenolic OH excluding ortho intramolecular Hbond substituents is 1. The number of benzene rings is 2. The molecule has 0 aliphatic rings. The van der Waals surface area contributed by atoms with Crippen LogP contribution in [-0.2, 0) is 18.3 Å². The third-order valence-electron chi connectivity index (χ3n) is 4.62. The number of hydrogen-bond donors (Lipinski definition) is 3. The standard InChI is InChI=1S/C24H27NOS.C3H8.C2H6/c1-6-16(2)21(15-25)19-11-18(12-20(26)14-19)8-7-17-9-10-23(27)22(13-17)24(3,4)5;1-3-2;1-2/h1,9-15,25-27H,7-8H2,2-5H3;3H2,1-2H3;1-2H3/b21-16-,25-15?;;. The molecule has 0 aliphatic heterocycles. The van der Waals surface area contributed by atoms with Gasteiger partial charge in [0.05, 0.1) is 0 Å². The average molecular weight is 452 g/mol. The van der Waals surface area contributed by atoms with Crippen molar-refractivity contribution in [1.82, 2.24) is 0 Å². The third-order valence-corrected chi connectivity index (χ3v) is 5.01. The maximum Gasteiger partial charge on any atom is 0.116 e. The summed E-state index contributed by atoms with van der Waals surface area (Å²) in [6, 6.07) is 11.8. The lowest BCUT2D eigenvalue weighted by Gasteiger charge is -2.22. The highest BCUT2D eigenvalue weighted by atomic mass is 32.1. The lowest BCUT2D eigenvalue weighted by molar-refractivity contribution is 0.474. The molecule has 0 bridgehead atoms. The van der Waals surface area contributed by atoms with Crippen molar-refractivity contribution in [3.8, 4) is 18.1 Å². The van der Waals surface area contributed by atoms with Gasteiger partial charge in [-0.25, -0.2) is 0 Å². The number of nitrogens with one attached hydrogen (secondary N) is 1. The molecule has 2 aromatic rings. The number of rotatable bonds is 5. The van der Waals surface area contributed by atoms with E-state index in [0.717, 1.165) is 28.9 Å². The van der Waals surface area contributed by atoms with E-state index in [-0.39, 0.29) is 11.2 Å². The predicted octanol–water partition coefficient (Wildman–Crippen LogP) is 8.26. The Balaban J connectivity index is 0.00000177. The average Bonchev–Trinajstić information content (AvgIpc) is 2.74. The van der Waals surface area contributed by atoms with Crippen LogP contribution in [0.5, 0.6) is 5.75 Å². The molecule has 0 radical (unpaired) electrons. The van der Waals surface area contributed by atoms with Crippen LogP contribution in [0.4, 0.5) is 0 Å². The van der Waals surface area contributed by atoms with Gasteiger partial charge in [-0.3, -0.25) is 0 Å². The van der Waals surface area contributed by atoms with E-state index in [4.69, 9.17) is 11.8 Å². The number of phenols is 1. The monoisotopic (exact) mass is 451 g/mol. The molecule has 0 heterocycles. The van der Waals surface area contributed by atoms with Crippen LogP contribution in [-0.4, -0.2) is 11.3 Å². The van der Waals surface area contributed by atoms with E-state index >= 15 is 0 Å². The summed E-state index contributed by atoms with van der Waals surface area (Å²) in [5.41, 5.74) is 5.65. The van der Waals surface area contributed by atoms with Gasteiger partial charge in [-0.15, -0.1) is 19.1 Å². The van der Waals surface area contributed by atoms with Gasteiger partial charge >= 0.3 is 0 Å². The van der Waals surface area contributed by atoms with Gasteiger partial charge in [0.25, 0.3) is 0 Å². The van der Waals surface area contributed by atoms with E-state index < -0.39 is 0 Å². The highest BCUT2D eigenvalue weighted by molar-refractivity contribution is 7.80. The number of aromatic hydroxyl groups is 1. The second-order valence-corrected chi connectivity index (χ2v) is 9.01. The van der Waals surface area contributed by atoms with Gasteiger partial charge in [0, 0.05) is 22.3 Å². The van der Waals surface area contributed by atoms with E-state index in [1.807, 2.05) is 19.9 Å². The molecule has 0 aliphatic carbocycles. The molecule has 0 atom stereocenters. The van der Waals surface area contributed by atoms with Crippen LogP contribution in [0.2, 0.25) is 0 Å². The summed E-state index contributed by atoms with van der Waals surface area (Å²) in [5.74, 6) is 2.76. The zero-order chi connectivity index (χ0) is 24.9. The zero-order valence-electron chi connectivity index (χ0n) is 21.1. The topological polar surface area (TPSA) is 44.1 Å². The van der Waals surface area contributed by atoms with Crippen molar-refractivity contribution in [2.45, 2.75) is 85.0 Å². The summed E-state index contributed by atoms with van der Waals surface area (Å²) in [6.07, 6.45) is 9.62. The molecule has 0 unspecified atom stereocenters. The van der Waals surface area contributed by atoms with E-state index in [2.05, 4.69) is 71.4 Å². The summed E-state index contributed by atoms with van der Waals surface area (Å²) in [4.78, 5) is 1.01. The molecule has 174 valence electrons. The van der Waals surface area contributed by atoms with Crippen molar-refractivity contribution in [3.63, 3.8) is 0 Å². The third kappa shape index (κ3) is 9.37. The first-order valence-electron chi connectivity index (χ1n) is 11.4. The minimum absolute atomic E-state index is 0.0433. The first-order chi connectivity index (χ1) is 15.1. The summed E-state index contributed by atoms with van der Waals surface area (Å²) >= 11 is 4.59. The highest BCUT2D eigenvalue weighted by Crippen LogP contribution is 2.30. The Hall–Kier alpha value is -2.44. The lowest BCUT2D eigenvalue weighted by atomic mass is 9.85. The molecule has 0 fully saturated rings.